The SMILES string of the molecule is CCOc1ccccc1NC(=O)c1ccc(-c2cc(C(F)(F)F)nn2-c2ccccc2Cl)cc1. The Bertz CT molecular complexity index is 1320. The number of carbonyl (C=O) groups is 1. The molecule has 4 rings (SSSR count). The number of alkyl halides is 3. The number of hydrogen-bond acceptors (Lipinski definition) is 3. The zero-order valence-corrected chi connectivity index (χ0v) is 18.7. The van der Waals surface area contributed by atoms with Crippen molar-refractivity contribution >= 4 is 23.2 Å². The van der Waals surface area contributed by atoms with Gasteiger partial charge in [0.25, 0.3) is 5.91 Å². The molecule has 0 aliphatic rings. The van der Waals surface area contributed by atoms with Crippen molar-refractivity contribution in [1.29, 1.82) is 0 Å². The minimum absolute atomic E-state index is 0.189. The fraction of sp³-hybridized carbons (Fsp3) is 0.120. The molecule has 0 radical (unpaired) electrons. The van der Waals surface area contributed by atoms with Crippen LogP contribution in [-0.2, 0) is 6.18 Å². The molecule has 5 nitrogen and oxygen atoms in total. The minimum atomic E-state index is -4.63. The van der Waals surface area contributed by atoms with Crippen molar-refractivity contribution in [3.05, 3.63) is 95.1 Å². The quantitative estimate of drug-likeness (QED) is 0.324. The van der Waals surface area contributed by atoms with E-state index in [9.17, 15) is 18.0 Å². The molecule has 0 bridgehead atoms. The summed E-state index contributed by atoms with van der Waals surface area (Å²) < 4.78 is 46.9. The Kier molecular flexibility index (Phi) is 6.61. The topological polar surface area (TPSA) is 56.1 Å². The lowest BCUT2D eigenvalue weighted by Gasteiger charge is -2.12. The Labute approximate surface area is 198 Å². The number of halogens is 4. The highest BCUT2D eigenvalue weighted by Gasteiger charge is 2.35. The Balaban J connectivity index is 1.66. The highest BCUT2D eigenvalue weighted by molar-refractivity contribution is 6.32. The van der Waals surface area contributed by atoms with Gasteiger partial charge in [0.15, 0.2) is 5.69 Å². The van der Waals surface area contributed by atoms with E-state index in [1.165, 1.54) is 12.1 Å². The maximum Gasteiger partial charge on any atom is 0.435 e. The number of benzene rings is 3. The lowest BCUT2D eigenvalue weighted by Crippen LogP contribution is -2.13. The van der Waals surface area contributed by atoms with E-state index >= 15 is 0 Å². The van der Waals surface area contributed by atoms with E-state index in [1.807, 2.05) is 6.92 Å². The van der Waals surface area contributed by atoms with Gasteiger partial charge in [-0.2, -0.15) is 18.3 Å². The van der Waals surface area contributed by atoms with Gasteiger partial charge in [0.1, 0.15) is 5.75 Å². The molecular weight excluding hydrogens is 467 g/mol. The Morgan fingerprint density at radius 1 is 1.03 bits per heavy atom. The van der Waals surface area contributed by atoms with Gasteiger partial charge in [-0.05, 0) is 49.4 Å². The van der Waals surface area contributed by atoms with Crippen LogP contribution in [0.5, 0.6) is 5.75 Å². The number of hydrogen-bond donors (Lipinski definition) is 1. The molecular formula is C25H19ClF3N3O2. The second-order valence-electron chi connectivity index (χ2n) is 7.24. The van der Waals surface area contributed by atoms with Crippen LogP contribution in [0, 0.1) is 0 Å². The largest absolute Gasteiger partial charge is 0.492 e. The zero-order chi connectivity index (χ0) is 24.3. The number of nitrogens with one attached hydrogen (secondary N) is 1. The Hall–Kier alpha value is -3.78. The maximum atomic E-state index is 13.4. The molecule has 1 heterocycles. The molecule has 0 spiro atoms. The molecule has 0 atom stereocenters. The summed E-state index contributed by atoms with van der Waals surface area (Å²) in [4.78, 5) is 12.7. The summed E-state index contributed by atoms with van der Waals surface area (Å²) >= 11 is 6.22. The van der Waals surface area contributed by atoms with Gasteiger partial charge >= 0.3 is 6.18 Å². The molecule has 0 unspecified atom stereocenters. The summed E-state index contributed by atoms with van der Waals surface area (Å²) in [5, 5.41) is 6.79. The van der Waals surface area contributed by atoms with E-state index < -0.39 is 11.9 Å². The standard InChI is InChI=1S/C25H19ClF3N3O2/c1-2-34-22-10-6-4-8-19(22)30-24(33)17-13-11-16(12-14-17)21-15-23(25(27,28)29)31-32(21)20-9-5-3-7-18(20)26/h3-15H,2H2,1H3,(H,30,33). The highest BCUT2D eigenvalue weighted by atomic mass is 35.5. The van der Waals surface area contributed by atoms with Crippen molar-refractivity contribution in [2.45, 2.75) is 13.1 Å². The summed E-state index contributed by atoms with van der Waals surface area (Å²) in [6.45, 7) is 2.29. The fourth-order valence-electron chi connectivity index (χ4n) is 3.37. The van der Waals surface area contributed by atoms with Gasteiger partial charge in [-0.1, -0.05) is 48.0 Å². The van der Waals surface area contributed by atoms with Crippen LogP contribution in [0.25, 0.3) is 16.9 Å². The zero-order valence-electron chi connectivity index (χ0n) is 17.9. The highest BCUT2D eigenvalue weighted by Crippen LogP contribution is 2.34. The van der Waals surface area contributed by atoms with Crippen LogP contribution in [0.1, 0.15) is 23.0 Å². The number of nitrogens with zero attached hydrogens (tertiary/aromatic N) is 2. The van der Waals surface area contributed by atoms with Gasteiger partial charge in [0, 0.05) is 11.1 Å². The number of anilines is 1. The molecule has 9 heteroatoms. The molecule has 0 saturated heterocycles. The van der Waals surface area contributed by atoms with Crippen molar-refractivity contribution in [2.24, 2.45) is 0 Å². The molecule has 0 aliphatic carbocycles. The summed E-state index contributed by atoms with van der Waals surface area (Å²) in [5.74, 6) is 0.160. The second kappa shape index (κ2) is 9.61. The monoisotopic (exact) mass is 485 g/mol. The third-order valence-electron chi connectivity index (χ3n) is 4.96. The Morgan fingerprint density at radius 2 is 1.71 bits per heavy atom. The van der Waals surface area contributed by atoms with Crippen LogP contribution in [0.3, 0.4) is 0 Å². The van der Waals surface area contributed by atoms with Gasteiger partial charge in [0.05, 0.1) is 28.7 Å². The molecule has 0 fully saturated rings. The van der Waals surface area contributed by atoms with Gasteiger partial charge in [0.2, 0.25) is 0 Å². The van der Waals surface area contributed by atoms with E-state index in [-0.39, 0.29) is 16.6 Å². The molecule has 3 aromatic carbocycles. The van der Waals surface area contributed by atoms with Crippen molar-refractivity contribution in [3.63, 3.8) is 0 Å². The number of rotatable bonds is 6. The molecule has 174 valence electrons. The first-order valence-electron chi connectivity index (χ1n) is 10.3. The summed E-state index contributed by atoms with van der Waals surface area (Å²) in [5.41, 5.74) is 0.740. The van der Waals surface area contributed by atoms with Crippen molar-refractivity contribution in [3.8, 4) is 22.7 Å². The lowest BCUT2D eigenvalue weighted by molar-refractivity contribution is -0.141. The van der Waals surface area contributed by atoms with Crippen LogP contribution in [0.4, 0.5) is 18.9 Å². The maximum absolute atomic E-state index is 13.4. The average Bonchev–Trinajstić information content (AvgIpc) is 3.27. The van der Waals surface area contributed by atoms with Gasteiger partial charge in [-0.25, -0.2) is 4.68 Å². The van der Waals surface area contributed by atoms with Crippen LogP contribution >= 0.6 is 11.6 Å². The number of ether oxygens (including phenoxy) is 1. The van der Waals surface area contributed by atoms with Gasteiger partial charge in [-0.15, -0.1) is 0 Å². The average molecular weight is 486 g/mol. The summed E-state index contributed by atoms with van der Waals surface area (Å²) in [6, 6.07) is 20.7. The molecule has 0 saturated carbocycles. The second-order valence-corrected chi connectivity index (χ2v) is 7.64. The van der Waals surface area contributed by atoms with Crippen LogP contribution in [0.15, 0.2) is 78.9 Å². The molecule has 4 aromatic rings. The van der Waals surface area contributed by atoms with Crippen LogP contribution < -0.4 is 10.1 Å². The third-order valence-corrected chi connectivity index (χ3v) is 5.28. The lowest BCUT2D eigenvalue weighted by atomic mass is 10.1. The number of amides is 1. The van der Waals surface area contributed by atoms with Gasteiger partial charge in [-0.3, -0.25) is 4.79 Å². The molecule has 0 aliphatic heterocycles. The first-order valence-corrected chi connectivity index (χ1v) is 10.7. The normalized spacial score (nSPS) is 11.3. The first-order chi connectivity index (χ1) is 16.3. The van der Waals surface area contributed by atoms with E-state index in [1.54, 1.807) is 60.7 Å². The van der Waals surface area contributed by atoms with Crippen LogP contribution in [-0.4, -0.2) is 22.3 Å². The molecule has 1 amide bonds. The van der Waals surface area contributed by atoms with E-state index in [2.05, 4.69) is 10.4 Å². The molecule has 1 aromatic heterocycles. The minimum Gasteiger partial charge on any atom is -0.492 e. The number of carbonyl (C=O) groups excluding carboxylic acids is 1. The van der Waals surface area contributed by atoms with E-state index in [4.69, 9.17) is 16.3 Å². The van der Waals surface area contributed by atoms with Gasteiger partial charge < -0.3 is 10.1 Å². The predicted molar refractivity (Wildman–Crippen MR) is 125 cm³/mol. The fourth-order valence-corrected chi connectivity index (χ4v) is 3.59. The summed E-state index contributed by atoms with van der Waals surface area (Å²) in [6.07, 6.45) is -4.63. The van der Waals surface area contributed by atoms with E-state index in [0.29, 0.717) is 34.9 Å². The van der Waals surface area contributed by atoms with Crippen LogP contribution in [0.2, 0.25) is 5.02 Å². The van der Waals surface area contributed by atoms with Crippen molar-refractivity contribution in [1.82, 2.24) is 9.78 Å². The first kappa shape index (κ1) is 23.4. The van der Waals surface area contributed by atoms with E-state index in [0.717, 1.165) is 10.7 Å². The molecule has 1 N–H and O–H groups in total. The smallest absolute Gasteiger partial charge is 0.435 e. The Morgan fingerprint density at radius 3 is 2.38 bits per heavy atom. The number of aromatic nitrogens is 2. The molecule has 34 heavy (non-hydrogen) atoms. The predicted octanol–water partition coefficient (Wildman–Crippen LogP) is 6.86. The third kappa shape index (κ3) is 4.92. The van der Waals surface area contributed by atoms with Crippen molar-refractivity contribution < 1.29 is 22.7 Å². The van der Waals surface area contributed by atoms with Crippen molar-refractivity contribution in [2.75, 3.05) is 11.9 Å². The summed E-state index contributed by atoms with van der Waals surface area (Å²) in [7, 11) is 0. The number of para-hydroxylation sites is 3.